The number of hydrogen-bond acceptors (Lipinski definition) is 2. The van der Waals surface area contributed by atoms with E-state index in [1.807, 2.05) is 0 Å². The van der Waals surface area contributed by atoms with Crippen LogP contribution in [0.15, 0.2) is 0 Å². The summed E-state index contributed by atoms with van der Waals surface area (Å²) in [5, 5.41) is 3.62. The third-order valence-electron chi connectivity index (χ3n) is 8.75. The topological polar surface area (TPSA) is 32.3 Å². The van der Waals surface area contributed by atoms with Crippen LogP contribution in [0, 0.1) is 23.2 Å². The molecule has 0 aromatic heterocycles. The van der Waals surface area contributed by atoms with Gasteiger partial charge in [-0.05, 0) is 94.9 Å². The predicted molar refractivity (Wildman–Crippen MR) is 105 cm³/mol. The highest BCUT2D eigenvalue weighted by Crippen LogP contribution is 2.60. The molecule has 2 unspecified atom stereocenters. The van der Waals surface area contributed by atoms with Gasteiger partial charge in [0.1, 0.15) is 0 Å². The first-order chi connectivity index (χ1) is 12.6. The van der Waals surface area contributed by atoms with Crippen molar-refractivity contribution in [1.29, 1.82) is 0 Å². The van der Waals surface area contributed by atoms with Gasteiger partial charge in [-0.2, -0.15) is 0 Å². The maximum atomic E-state index is 13.4. The molecule has 2 aliphatic heterocycles. The van der Waals surface area contributed by atoms with Crippen LogP contribution in [-0.4, -0.2) is 35.5 Å². The normalized spacial score (nSPS) is 47.1. The highest BCUT2D eigenvalue weighted by Gasteiger charge is 2.55. The average Bonchev–Trinajstić information content (AvgIpc) is 2.58. The van der Waals surface area contributed by atoms with Gasteiger partial charge in [-0.3, -0.25) is 9.69 Å². The van der Waals surface area contributed by atoms with E-state index in [0.717, 1.165) is 29.8 Å². The van der Waals surface area contributed by atoms with Gasteiger partial charge in [-0.15, -0.1) is 0 Å². The number of rotatable bonds is 5. The van der Waals surface area contributed by atoms with Crippen molar-refractivity contribution in [1.82, 2.24) is 10.2 Å². The molecule has 4 aliphatic carbocycles. The van der Waals surface area contributed by atoms with Gasteiger partial charge < -0.3 is 5.32 Å². The number of amides is 1. The maximum Gasteiger partial charge on any atom is 0.226 e. The molecule has 6 fully saturated rings. The molecule has 26 heavy (non-hydrogen) atoms. The van der Waals surface area contributed by atoms with E-state index in [4.69, 9.17) is 0 Å². The predicted octanol–water partition coefficient (Wildman–Crippen LogP) is 4.50. The zero-order chi connectivity index (χ0) is 17.7. The summed E-state index contributed by atoms with van der Waals surface area (Å²) in [5.41, 5.74) is 0.0310. The van der Waals surface area contributed by atoms with Gasteiger partial charge in [0.25, 0.3) is 0 Å². The fourth-order valence-electron chi connectivity index (χ4n) is 8.03. The largest absolute Gasteiger partial charge is 0.353 e. The summed E-state index contributed by atoms with van der Waals surface area (Å²) >= 11 is 0. The Morgan fingerprint density at radius 1 is 0.962 bits per heavy atom. The number of carbonyl (C=O) groups excluding carboxylic acids is 1. The summed E-state index contributed by atoms with van der Waals surface area (Å²) in [7, 11) is 0. The molecule has 0 aromatic carbocycles. The molecule has 6 aliphatic rings. The van der Waals surface area contributed by atoms with Gasteiger partial charge in [0.15, 0.2) is 0 Å². The van der Waals surface area contributed by atoms with Gasteiger partial charge in [-0.1, -0.05) is 19.8 Å². The minimum absolute atomic E-state index is 0.0310. The van der Waals surface area contributed by atoms with Crippen molar-refractivity contribution in [2.45, 2.75) is 109 Å². The van der Waals surface area contributed by atoms with E-state index in [1.165, 1.54) is 90.0 Å². The quantitative estimate of drug-likeness (QED) is 0.784. The Hall–Kier alpha value is -0.570. The minimum Gasteiger partial charge on any atom is -0.353 e. The first-order valence-electron chi connectivity index (χ1n) is 11.7. The van der Waals surface area contributed by atoms with E-state index >= 15 is 0 Å². The van der Waals surface area contributed by atoms with Gasteiger partial charge in [0.05, 0.1) is 0 Å². The van der Waals surface area contributed by atoms with E-state index in [1.54, 1.807) is 0 Å². The molecule has 2 heterocycles. The molecule has 0 spiro atoms. The van der Waals surface area contributed by atoms with E-state index in [-0.39, 0.29) is 5.41 Å². The number of piperidine rings is 2. The first kappa shape index (κ1) is 17.5. The number of fused-ring (bicyclic) bond motifs is 2. The van der Waals surface area contributed by atoms with E-state index in [2.05, 4.69) is 17.1 Å². The molecule has 2 saturated heterocycles. The van der Waals surface area contributed by atoms with Crippen molar-refractivity contribution in [2.24, 2.45) is 23.2 Å². The average molecular weight is 359 g/mol. The molecule has 2 atom stereocenters. The van der Waals surface area contributed by atoms with Crippen molar-refractivity contribution >= 4 is 5.91 Å². The molecule has 6 rings (SSSR count). The molecule has 3 heteroatoms. The third-order valence-corrected chi connectivity index (χ3v) is 8.75. The van der Waals surface area contributed by atoms with Crippen LogP contribution in [0.1, 0.15) is 90.4 Å². The lowest BCUT2D eigenvalue weighted by molar-refractivity contribution is -0.147. The van der Waals surface area contributed by atoms with Crippen LogP contribution in [0.2, 0.25) is 0 Å². The Morgan fingerprint density at radius 3 is 2.08 bits per heavy atom. The Kier molecular flexibility index (Phi) is 4.58. The highest BCUT2D eigenvalue weighted by molar-refractivity contribution is 5.83. The Balaban J connectivity index is 1.24. The van der Waals surface area contributed by atoms with Crippen molar-refractivity contribution in [3.63, 3.8) is 0 Å². The summed E-state index contributed by atoms with van der Waals surface area (Å²) in [4.78, 5) is 16.2. The van der Waals surface area contributed by atoms with E-state index in [9.17, 15) is 4.79 Å². The summed E-state index contributed by atoms with van der Waals surface area (Å²) in [6, 6.07) is 1.91. The van der Waals surface area contributed by atoms with E-state index < -0.39 is 0 Å². The van der Waals surface area contributed by atoms with Crippen LogP contribution >= 0.6 is 0 Å². The van der Waals surface area contributed by atoms with Gasteiger partial charge >= 0.3 is 0 Å². The summed E-state index contributed by atoms with van der Waals surface area (Å²) in [6.45, 7) is 3.58. The van der Waals surface area contributed by atoms with Gasteiger partial charge in [0, 0.05) is 23.5 Å². The molecule has 1 amide bonds. The van der Waals surface area contributed by atoms with Crippen LogP contribution in [0.5, 0.6) is 0 Å². The zero-order valence-corrected chi connectivity index (χ0v) is 16.7. The summed E-state index contributed by atoms with van der Waals surface area (Å²) in [5.74, 6) is 3.05. The standard InChI is InChI=1S/C23H38N2O/c1-2-3-7-25-20-5-4-6-21(25)12-19(11-20)24-22(26)23-13-16-8-17(14-23)10-18(9-16)15-23/h16-21H,2-15H2,1H3,(H,24,26). The Morgan fingerprint density at radius 2 is 1.54 bits per heavy atom. The fraction of sp³-hybridized carbons (Fsp3) is 0.957. The number of unbranched alkanes of at least 4 members (excludes halogenated alkanes) is 1. The monoisotopic (exact) mass is 358 g/mol. The van der Waals surface area contributed by atoms with Crippen LogP contribution in [-0.2, 0) is 4.79 Å². The second kappa shape index (κ2) is 6.79. The summed E-state index contributed by atoms with van der Waals surface area (Å²) < 4.78 is 0. The lowest BCUT2D eigenvalue weighted by atomic mass is 9.49. The minimum atomic E-state index is 0.0310. The molecule has 4 saturated carbocycles. The van der Waals surface area contributed by atoms with Crippen LogP contribution in [0.4, 0.5) is 0 Å². The molecule has 0 radical (unpaired) electrons. The lowest BCUT2D eigenvalue weighted by Gasteiger charge is -2.56. The second-order valence-electron chi connectivity index (χ2n) is 10.7. The van der Waals surface area contributed by atoms with Crippen molar-refractivity contribution in [3.05, 3.63) is 0 Å². The third kappa shape index (κ3) is 3.02. The molecule has 0 aromatic rings. The number of carbonyl (C=O) groups is 1. The molecule has 3 nitrogen and oxygen atoms in total. The zero-order valence-electron chi connectivity index (χ0n) is 16.7. The molecule has 146 valence electrons. The number of hydrogen-bond donors (Lipinski definition) is 1. The van der Waals surface area contributed by atoms with Crippen LogP contribution < -0.4 is 5.32 Å². The molecular weight excluding hydrogens is 320 g/mol. The SMILES string of the molecule is CCCCN1C2CCCC1CC(NC(=O)C13CC4CC(CC(C4)C1)C3)C2. The number of nitrogens with zero attached hydrogens (tertiary/aromatic N) is 1. The number of nitrogens with one attached hydrogen (secondary N) is 1. The second-order valence-corrected chi connectivity index (χ2v) is 10.7. The lowest BCUT2D eigenvalue weighted by Crippen LogP contribution is -2.60. The first-order valence-corrected chi connectivity index (χ1v) is 11.7. The molecule has 6 bridgehead atoms. The Bertz CT molecular complexity index is 495. The van der Waals surface area contributed by atoms with Gasteiger partial charge in [0.2, 0.25) is 5.91 Å². The maximum absolute atomic E-state index is 13.4. The molecular formula is C23H38N2O. The van der Waals surface area contributed by atoms with Crippen molar-refractivity contribution in [3.8, 4) is 0 Å². The van der Waals surface area contributed by atoms with Crippen molar-refractivity contribution < 1.29 is 4.79 Å². The summed E-state index contributed by atoms with van der Waals surface area (Å²) in [6.07, 6.45) is 17.0. The molecule has 1 N–H and O–H groups in total. The van der Waals surface area contributed by atoms with Crippen molar-refractivity contribution in [2.75, 3.05) is 6.54 Å². The van der Waals surface area contributed by atoms with E-state index in [0.29, 0.717) is 11.9 Å². The highest BCUT2D eigenvalue weighted by atomic mass is 16.2. The fourth-order valence-corrected chi connectivity index (χ4v) is 8.03. The van der Waals surface area contributed by atoms with Gasteiger partial charge in [-0.25, -0.2) is 0 Å². The van der Waals surface area contributed by atoms with Crippen LogP contribution in [0.3, 0.4) is 0 Å². The Labute approximate surface area is 159 Å². The smallest absolute Gasteiger partial charge is 0.226 e. The van der Waals surface area contributed by atoms with Crippen LogP contribution in [0.25, 0.3) is 0 Å².